The van der Waals surface area contributed by atoms with Gasteiger partial charge in [-0.05, 0) is 67.8 Å². The minimum absolute atomic E-state index is 0.0429. The second kappa shape index (κ2) is 11.5. The fraction of sp³-hybridized carbons (Fsp3) is 0.312. The predicted molar refractivity (Wildman–Crippen MR) is 154 cm³/mol. The molecule has 1 fully saturated rings. The van der Waals surface area contributed by atoms with Crippen molar-refractivity contribution >= 4 is 22.7 Å². The van der Waals surface area contributed by atoms with Gasteiger partial charge in [-0.25, -0.2) is 9.37 Å². The van der Waals surface area contributed by atoms with E-state index in [9.17, 15) is 36.6 Å². The van der Waals surface area contributed by atoms with E-state index in [1.807, 2.05) is 0 Å². The number of halogens is 5. The zero-order chi connectivity index (χ0) is 32.9. The SMILES string of the molecule is NC(=O)[C@@]1(CCF)COc2c1cc(C(O)(CNC(=O)c1cc(OC3CC3)c3ncccc3c1)C(F)(F)F)nc2-c1ccc(F)cc1. The average Bonchev–Trinajstić information content (AvgIpc) is 3.77. The summed E-state index contributed by atoms with van der Waals surface area (Å²) in [5.41, 5.74) is -1.08. The Kier molecular flexibility index (Phi) is 7.79. The van der Waals surface area contributed by atoms with Crippen molar-refractivity contribution in [2.75, 3.05) is 19.8 Å². The van der Waals surface area contributed by atoms with Crippen LogP contribution in [-0.4, -0.2) is 59.0 Å². The van der Waals surface area contributed by atoms with E-state index in [0.29, 0.717) is 10.9 Å². The molecular weight excluding hydrogens is 615 g/mol. The van der Waals surface area contributed by atoms with E-state index in [0.717, 1.165) is 31.0 Å². The van der Waals surface area contributed by atoms with Crippen molar-refractivity contribution in [3.05, 3.63) is 83.4 Å². The van der Waals surface area contributed by atoms with Crippen LogP contribution in [0.5, 0.6) is 11.5 Å². The normalized spacial score (nSPS) is 18.8. The molecule has 1 saturated carbocycles. The molecule has 1 aliphatic heterocycles. The number of hydrogen-bond donors (Lipinski definition) is 3. The number of nitrogens with one attached hydrogen (secondary N) is 1. The van der Waals surface area contributed by atoms with E-state index in [1.54, 1.807) is 18.3 Å². The van der Waals surface area contributed by atoms with Crippen molar-refractivity contribution in [1.82, 2.24) is 15.3 Å². The number of pyridine rings is 2. The van der Waals surface area contributed by atoms with Crippen LogP contribution in [0, 0.1) is 5.82 Å². The van der Waals surface area contributed by atoms with E-state index < -0.39 is 66.8 Å². The van der Waals surface area contributed by atoms with Crippen LogP contribution >= 0.6 is 0 Å². The van der Waals surface area contributed by atoms with Gasteiger partial charge in [0, 0.05) is 28.3 Å². The van der Waals surface area contributed by atoms with Crippen LogP contribution in [0.1, 0.15) is 40.9 Å². The molecule has 9 nitrogen and oxygen atoms in total. The highest BCUT2D eigenvalue weighted by molar-refractivity contribution is 6.00. The van der Waals surface area contributed by atoms with Crippen LogP contribution < -0.4 is 20.5 Å². The number of aliphatic hydroxyl groups is 1. The Morgan fingerprint density at radius 2 is 1.87 bits per heavy atom. The average molecular weight is 643 g/mol. The van der Waals surface area contributed by atoms with E-state index in [-0.39, 0.29) is 40.0 Å². The third-order valence-corrected chi connectivity index (χ3v) is 8.21. The Morgan fingerprint density at radius 1 is 1.13 bits per heavy atom. The lowest BCUT2D eigenvalue weighted by Crippen LogP contribution is -2.52. The van der Waals surface area contributed by atoms with Crippen molar-refractivity contribution in [3.8, 4) is 22.8 Å². The Labute approximate surface area is 258 Å². The Morgan fingerprint density at radius 3 is 2.52 bits per heavy atom. The third-order valence-electron chi connectivity index (χ3n) is 8.21. The minimum Gasteiger partial charge on any atom is -0.489 e. The second-order valence-electron chi connectivity index (χ2n) is 11.3. The smallest absolute Gasteiger partial charge is 0.424 e. The molecule has 0 radical (unpaired) electrons. The predicted octanol–water partition coefficient (Wildman–Crippen LogP) is 4.63. The van der Waals surface area contributed by atoms with Crippen molar-refractivity contribution in [2.45, 2.75) is 42.6 Å². The largest absolute Gasteiger partial charge is 0.489 e. The zero-order valence-electron chi connectivity index (χ0n) is 24.0. The maximum Gasteiger partial charge on any atom is 0.424 e. The highest BCUT2D eigenvalue weighted by Crippen LogP contribution is 2.49. The van der Waals surface area contributed by atoms with Crippen molar-refractivity contribution in [1.29, 1.82) is 0 Å². The number of benzene rings is 2. The molecule has 6 rings (SSSR count). The number of amides is 2. The summed E-state index contributed by atoms with van der Waals surface area (Å²) in [6.07, 6.45) is -2.85. The summed E-state index contributed by atoms with van der Waals surface area (Å²) < 4.78 is 83.4. The molecule has 2 aromatic heterocycles. The first-order valence-corrected chi connectivity index (χ1v) is 14.3. The summed E-state index contributed by atoms with van der Waals surface area (Å²) in [5, 5.41) is 14.0. The molecule has 14 heteroatoms. The molecule has 1 aliphatic carbocycles. The first-order valence-electron chi connectivity index (χ1n) is 14.3. The first-order chi connectivity index (χ1) is 21.9. The van der Waals surface area contributed by atoms with Gasteiger partial charge in [-0.2, -0.15) is 13.2 Å². The van der Waals surface area contributed by atoms with Gasteiger partial charge < -0.3 is 25.6 Å². The molecule has 240 valence electrons. The molecule has 4 aromatic rings. The fourth-order valence-corrected chi connectivity index (χ4v) is 5.41. The van der Waals surface area contributed by atoms with Gasteiger partial charge in [0.05, 0.1) is 25.0 Å². The van der Waals surface area contributed by atoms with Gasteiger partial charge in [0.2, 0.25) is 11.5 Å². The third kappa shape index (κ3) is 5.46. The molecule has 4 N–H and O–H groups in total. The molecule has 2 amide bonds. The monoisotopic (exact) mass is 642 g/mol. The molecule has 2 aromatic carbocycles. The molecule has 3 heterocycles. The van der Waals surface area contributed by atoms with Gasteiger partial charge in [-0.1, -0.05) is 6.07 Å². The number of nitrogens with two attached hydrogens (primary N) is 1. The number of nitrogens with zero attached hydrogens (tertiary/aromatic N) is 2. The van der Waals surface area contributed by atoms with Crippen molar-refractivity contribution in [2.24, 2.45) is 5.73 Å². The molecule has 1 unspecified atom stereocenters. The number of alkyl halides is 4. The Bertz CT molecular complexity index is 1830. The van der Waals surface area contributed by atoms with Crippen LogP contribution in [0.4, 0.5) is 22.0 Å². The maximum atomic E-state index is 14.8. The number of hydrogen-bond acceptors (Lipinski definition) is 7. The molecule has 0 saturated heterocycles. The van der Waals surface area contributed by atoms with Crippen LogP contribution in [0.3, 0.4) is 0 Å². The number of ether oxygens (including phenoxy) is 2. The summed E-state index contributed by atoms with van der Waals surface area (Å²) in [5.74, 6) is -2.54. The number of carbonyl (C=O) groups excluding carboxylic acids is 2. The highest BCUT2D eigenvalue weighted by Gasteiger charge is 2.58. The molecule has 0 spiro atoms. The fourth-order valence-electron chi connectivity index (χ4n) is 5.41. The lowest BCUT2D eigenvalue weighted by Gasteiger charge is -2.32. The van der Waals surface area contributed by atoms with E-state index in [4.69, 9.17) is 15.2 Å². The second-order valence-corrected chi connectivity index (χ2v) is 11.3. The Balaban J connectivity index is 1.42. The Hall–Kier alpha value is -4.85. The van der Waals surface area contributed by atoms with Crippen LogP contribution in [0.15, 0.2) is 60.8 Å². The van der Waals surface area contributed by atoms with Crippen LogP contribution in [0.2, 0.25) is 0 Å². The maximum absolute atomic E-state index is 14.8. The van der Waals surface area contributed by atoms with Crippen molar-refractivity contribution < 1.29 is 46.1 Å². The summed E-state index contributed by atoms with van der Waals surface area (Å²) in [4.78, 5) is 34.3. The molecule has 0 bridgehead atoms. The van der Waals surface area contributed by atoms with E-state index >= 15 is 0 Å². The van der Waals surface area contributed by atoms with Gasteiger partial charge in [0.15, 0.2) is 0 Å². The quantitative estimate of drug-likeness (QED) is 0.215. The number of primary amides is 1. The standard InChI is InChI=1S/C32H27F5N4O5/c33-10-9-30(29(38)43)16-45-27-22(30)14-24(41-26(27)17-3-5-20(34)6-4-17)31(44,32(35,36)37)15-40-28(42)19-12-18-2-1-11-39-25(18)23(13-19)46-21-7-8-21/h1-6,11-14,21,44H,7-10,15-16H2,(H2,38,43)(H,40,42)/t30-,31?/m0/s1. The van der Waals surface area contributed by atoms with Gasteiger partial charge in [0.25, 0.3) is 5.91 Å². The van der Waals surface area contributed by atoms with Gasteiger partial charge in [0.1, 0.15) is 40.5 Å². The lowest BCUT2D eigenvalue weighted by molar-refractivity contribution is -0.265. The molecule has 46 heavy (non-hydrogen) atoms. The van der Waals surface area contributed by atoms with E-state index in [2.05, 4.69) is 15.3 Å². The van der Waals surface area contributed by atoms with Crippen LogP contribution in [-0.2, 0) is 15.8 Å². The molecule has 2 aliphatic rings. The molecular formula is C32H27F5N4O5. The van der Waals surface area contributed by atoms with Gasteiger partial charge in [-0.3, -0.25) is 19.0 Å². The lowest BCUT2D eigenvalue weighted by atomic mass is 9.77. The highest BCUT2D eigenvalue weighted by atomic mass is 19.4. The number of aromatic nitrogens is 2. The summed E-state index contributed by atoms with van der Waals surface area (Å²) >= 11 is 0. The van der Waals surface area contributed by atoms with Crippen molar-refractivity contribution in [3.63, 3.8) is 0 Å². The van der Waals surface area contributed by atoms with E-state index in [1.165, 1.54) is 24.3 Å². The number of fused-ring (bicyclic) bond motifs is 2. The summed E-state index contributed by atoms with van der Waals surface area (Å²) in [6, 6.07) is 11.4. The number of rotatable bonds is 10. The number of carbonyl (C=O) groups is 2. The van der Waals surface area contributed by atoms with Gasteiger partial charge in [-0.15, -0.1) is 0 Å². The summed E-state index contributed by atoms with van der Waals surface area (Å²) in [6.45, 7) is -2.96. The first kappa shape index (κ1) is 31.1. The topological polar surface area (TPSA) is 137 Å². The van der Waals surface area contributed by atoms with Crippen LogP contribution in [0.25, 0.3) is 22.2 Å². The minimum atomic E-state index is -5.43. The molecule has 2 atom stereocenters. The summed E-state index contributed by atoms with van der Waals surface area (Å²) in [7, 11) is 0. The zero-order valence-corrected chi connectivity index (χ0v) is 24.0. The van der Waals surface area contributed by atoms with Gasteiger partial charge >= 0.3 is 6.18 Å².